The van der Waals surface area contributed by atoms with Crippen molar-refractivity contribution in [3.63, 3.8) is 0 Å². The van der Waals surface area contributed by atoms with E-state index in [1.54, 1.807) is 34.6 Å². The van der Waals surface area contributed by atoms with Crippen molar-refractivity contribution in [2.75, 3.05) is 19.6 Å². The van der Waals surface area contributed by atoms with Gasteiger partial charge in [0.05, 0.1) is 12.0 Å². The summed E-state index contributed by atoms with van der Waals surface area (Å²) in [7, 11) is 0. The van der Waals surface area contributed by atoms with Gasteiger partial charge < -0.3 is 20.3 Å². The zero-order valence-corrected chi connectivity index (χ0v) is 17.2. The molecule has 25 heavy (non-hydrogen) atoms. The molecule has 0 spiro atoms. The molecule has 0 saturated carbocycles. The van der Waals surface area contributed by atoms with E-state index in [0.717, 1.165) is 0 Å². The molecule has 0 heterocycles. The molecule has 0 atom stereocenters. The van der Waals surface area contributed by atoms with Crippen LogP contribution in [0.4, 0.5) is 4.79 Å². The van der Waals surface area contributed by atoms with Gasteiger partial charge in [-0.2, -0.15) is 0 Å². The van der Waals surface area contributed by atoms with Crippen LogP contribution in [0.15, 0.2) is 0 Å². The Morgan fingerprint density at radius 2 is 1.48 bits per heavy atom. The first-order chi connectivity index (χ1) is 11.1. The van der Waals surface area contributed by atoms with Crippen LogP contribution in [0.3, 0.4) is 0 Å². The number of hydrogen-bond donors (Lipinski definition) is 2. The summed E-state index contributed by atoms with van der Waals surface area (Å²) in [5.41, 5.74) is -1.80. The second-order valence-electron chi connectivity index (χ2n) is 8.86. The first-order valence-corrected chi connectivity index (χ1v) is 8.64. The van der Waals surface area contributed by atoms with Gasteiger partial charge in [-0.15, -0.1) is 0 Å². The van der Waals surface area contributed by atoms with Crippen LogP contribution in [0.1, 0.15) is 62.3 Å². The molecule has 146 valence electrons. The topological polar surface area (TPSA) is 87.7 Å². The summed E-state index contributed by atoms with van der Waals surface area (Å²) in [6, 6.07) is 0. The number of carbonyl (C=O) groups is 3. The van der Waals surface area contributed by atoms with Crippen molar-refractivity contribution >= 4 is 17.9 Å². The van der Waals surface area contributed by atoms with Gasteiger partial charge in [0.15, 0.2) is 0 Å². The zero-order valence-electron chi connectivity index (χ0n) is 17.2. The molecular formula is C18H35N3O4. The summed E-state index contributed by atoms with van der Waals surface area (Å²) in [6.07, 6.45) is -0.568. The molecule has 0 aromatic rings. The molecule has 0 bridgehead atoms. The van der Waals surface area contributed by atoms with E-state index in [0.29, 0.717) is 6.54 Å². The molecule has 0 unspecified atom stereocenters. The van der Waals surface area contributed by atoms with Gasteiger partial charge in [0, 0.05) is 18.6 Å². The molecule has 0 aliphatic rings. The molecule has 0 aliphatic carbocycles. The lowest BCUT2D eigenvalue weighted by atomic mass is 9.91. The Morgan fingerprint density at radius 3 is 1.88 bits per heavy atom. The van der Waals surface area contributed by atoms with Crippen molar-refractivity contribution in [2.24, 2.45) is 5.41 Å². The summed E-state index contributed by atoms with van der Waals surface area (Å²) < 4.78 is 5.18. The highest BCUT2D eigenvalue weighted by atomic mass is 16.6. The van der Waals surface area contributed by atoms with Gasteiger partial charge in [0.2, 0.25) is 11.8 Å². The van der Waals surface area contributed by atoms with Gasteiger partial charge in [-0.05, 0) is 62.3 Å². The summed E-state index contributed by atoms with van der Waals surface area (Å²) in [6.45, 7) is 16.8. The molecule has 0 radical (unpaired) electrons. The molecule has 0 fully saturated rings. The van der Waals surface area contributed by atoms with E-state index in [4.69, 9.17) is 4.74 Å². The number of nitrogens with zero attached hydrogens (tertiary/aromatic N) is 1. The third-order valence-corrected chi connectivity index (χ3v) is 3.17. The maximum atomic E-state index is 12.7. The third-order valence-electron chi connectivity index (χ3n) is 3.17. The molecule has 7 heteroatoms. The minimum Gasteiger partial charge on any atom is -0.444 e. The Bertz CT molecular complexity index is 488. The quantitative estimate of drug-likeness (QED) is 0.763. The maximum absolute atomic E-state index is 12.7. The van der Waals surface area contributed by atoms with E-state index < -0.39 is 17.1 Å². The zero-order chi connectivity index (χ0) is 20.1. The predicted octanol–water partition coefficient (Wildman–Crippen LogP) is 2.30. The second-order valence-corrected chi connectivity index (χ2v) is 8.86. The van der Waals surface area contributed by atoms with Gasteiger partial charge in [-0.3, -0.25) is 9.59 Å². The number of alkyl carbamates (subject to hydrolysis) is 1. The lowest BCUT2D eigenvalue weighted by Crippen LogP contribution is -2.52. The molecule has 3 amide bonds. The van der Waals surface area contributed by atoms with E-state index in [2.05, 4.69) is 10.6 Å². The van der Waals surface area contributed by atoms with Crippen LogP contribution in [-0.4, -0.2) is 53.6 Å². The van der Waals surface area contributed by atoms with Crippen molar-refractivity contribution in [1.29, 1.82) is 0 Å². The van der Waals surface area contributed by atoms with E-state index >= 15 is 0 Å². The van der Waals surface area contributed by atoms with Crippen LogP contribution in [-0.2, 0) is 14.3 Å². The molecule has 2 N–H and O–H groups in total. The SMILES string of the molecule is CCN(CC(=O)NC(C)(C)C)C(=O)C(C)(C)CNC(=O)OC(C)(C)C. The van der Waals surface area contributed by atoms with Crippen LogP contribution in [0.2, 0.25) is 0 Å². The lowest BCUT2D eigenvalue weighted by molar-refractivity contribution is -0.143. The number of ether oxygens (including phenoxy) is 1. The van der Waals surface area contributed by atoms with Crippen LogP contribution in [0, 0.1) is 5.41 Å². The van der Waals surface area contributed by atoms with Crippen LogP contribution in [0.25, 0.3) is 0 Å². The fraction of sp³-hybridized carbons (Fsp3) is 0.833. The number of carbonyl (C=O) groups excluding carboxylic acids is 3. The Labute approximate surface area is 151 Å². The number of amides is 3. The average molecular weight is 357 g/mol. The number of hydrogen-bond acceptors (Lipinski definition) is 4. The molecule has 7 nitrogen and oxygen atoms in total. The summed E-state index contributed by atoms with van der Waals surface area (Å²) >= 11 is 0. The predicted molar refractivity (Wildman–Crippen MR) is 98.2 cm³/mol. The number of rotatable bonds is 6. The third kappa shape index (κ3) is 9.94. The number of likely N-dealkylation sites (N-methyl/N-ethyl adjacent to an activating group) is 1. The fourth-order valence-corrected chi connectivity index (χ4v) is 2.07. The van der Waals surface area contributed by atoms with Gasteiger partial charge >= 0.3 is 6.09 Å². The standard InChI is InChI=1S/C18H35N3O4/c1-10-21(11-13(22)20-16(2,3)4)14(23)18(8,9)12-19-15(24)25-17(5,6)7/h10-12H2,1-9H3,(H,19,24)(H,20,22). The van der Waals surface area contributed by atoms with E-state index in [1.807, 2.05) is 27.7 Å². The van der Waals surface area contributed by atoms with Crippen molar-refractivity contribution in [1.82, 2.24) is 15.5 Å². The second kappa shape index (κ2) is 8.54. The Morgan fingerprint density at radius 1 is 0.960 bits per heavy atom. The molecular weight excluding hydrogens is 322 g/mol. The first-order valence-electron chi connectivity index (χ1n) is 8.64. The van der Waals surface area contributed by atoms with Crippen LogP contribution >= 0.6 is 0 Å². The molecule has 0 aromatic carbocycles. The van der Waals surface area contributed by atoms with Crippen LogP contribution in [0.5, 0.6) is 0 Å². The Kier molecular flexibility index (Phi) is 7.93. The molecule has 0 aliphatic heterocycles. The van der Waals surface area contributed by atoms with Crippen molar-refractivity contribution < 1.29 is 19.1 Å². The van der Waals surface area contributed by atoms with Crippen LogP contribution < -0.4 is 10.6 Å². The highest BCUT2D eigenvalue weighted by molar-refractivity contribution is 5.88. The Hall–Kier alpha value is -1.79. The minimum absolute atomic E-state index is 0.0114. The van der Waals surface area contributed by atoms with Gasteiger partial charge in [-0.1, -0.05) is 0 Å². The van der Waals surface area contributed by atoms with Crippen molar-refractivity contribution in [3.05, 3.63) is 0 Å². The normalized spacial score (nSPS) is 12.4. The summed E-state index contributed by atoms with van der Waals surface area (Å²) in [5, 5.41) is 5.47. The van der Waals surface area contributed by atoms with Crippen molar-refractivity contribution in [2.45, 2.75) is 73.5 Å². The highest BCUT2D eigenvalue weighted by Crippen LogP contribution is 2.18. The number of nitrogens with one attached hydrogen (secondary N) is 2. The Balaban J connectivity index is 4.78. The van der Waals surface area contributed by atoms with Crippen molar-refractivity contribution in [3.8, 4) is 0 Å². The molecule has 0 rings (SSSR count). The maximum Gasteiger partial charge on any atom is 0.407 e. The fourth-order valence-electron chi connectivity index (χ4n) is 2.07. The van der Waals surface area contributed by atoms with Gasteiger partial charge in [-0.25, -0.2) is 4.79 Å². The molecule has 0 aromatic heterocycles. The molecule has 0 saturated heterocycles. The summed E-state index contributed by atoms with van der Waals surface area (Å²) in [5.74, 6) is -0.409. The van der Waals surface area contributed by atoms with E-state index in [9.17, 15) is 14.4 Å². The smallest absolute Gasteiger partial charge is 0.407 e. The lowest BCUT2D eigenvalue weighted by Gasteiger charge is -2.32. The largest absolute Gasteiger partial charge is 0.444 e. The van der Waals surface area contributed by atoms with Gasteiger partial charge in [0.25, 0.3) is 0 Å². The van der Waals surface area contributed by atoms with E-state index in [1.165, 1.54) is 4.90 Å². The summed E-state index contributed by atoms with van der Waals surface area (Å²) in [4.78, 5) is 38.1. The van der Waals surface area contributed by atoms with Gasteiger partial charge in [0.1, 0.15) is 5.60 Å². The van der Waals surface area contributed by atoms with E-state index in [-0.39, 0.29) is 30.4 Å². The highest BCUT2D eigenvalue weighted by Gasteiger charge is 2.33. The first kappa shape index (κ1) is 23.2. The average Bonchev–Trinajstić information content (AvgIpc) is 2.38. The minimum atomic E-state index is -0.852. The monoisotopic (exact) mass is 357 g/mol.